The van der Waals surface area contributed by atoms with Gasteiger partial charge in [-0.25, -0.2) is 4.39 Å². The zero-order chi connectivity index (χ0) is 22.6. The summed E-state index contributed by atoms with van der Waals surface area (Å²) < 4.78 is 15.8. The van der Waals surface area contributed by atoms with E-state index in [0.717, 1.165) is 11.3 Å². The molecule has 1 fully saturated rings. The summed E-state index contributed by atoms with van der Waals surface area (Å²) in [7, 11) is 0. The van der Waals surface area contributed by atoms with Crippen LogP contribution in [0.3, 0.4) is 0 Å². The molecule has 0 bridgehead atoms. The lowest BCUT2D eigenvalue weighted by atomic mass is 9.67. The second-order valence-corrected chi connectivity index (χ2v) is 9.98. The summed E-state index contributed by atoms with van der Waals surface area (Å²) in [5.74, 6) is -1.64. The van der Waals surface area contributed by atoms with Crippen LogP contribution in [-0.4, -0.2) is 17.9 Å². The van der Waals surface area contributed by atoms with Crippen molar-refractivity contribution in [3.63, 3.8) is 0 Å². The number of hydrogen-bond acceptors (Lipinski definition) is 4. The van der Waals surface area contributed by atoms with Gasteiger partial charge in [0.2, 0.25) is 0 Å². The highest BCUT2D eigenvalue weighted by atomic mass is 79.9. The molecule has 2 aromatic rings. The number of nitrogens with zero attached hydrogens (tertiary/aromatic N) is 3. The van der Waals surface area contributed by atoms with Gasteiger partial charge in [0, 0.05) is 21.5 Å². The summed E-state index contributed by atoms with van der Waals surface area (Å²) in [6, 6.07) is 15.0. The normalized spacial score (nSPS) is 23.5. The molecular formula is C25H21BrFN3O. The Balaban J connectivity index is 2.06. The van der Waals surface area contributed by atoms with Crippen molar-refractivity contribution in [1.82, 2.24) is 0 Å². The van der Waals surface area contributed by atoms with Crippen LogP contribution in [0.4, 0.5) is 10.1 Å². The molecule has 0 aliphatic carbocycles. The number of halogens is 2. The van der Waals surface area contributed by atoms with Crippen molar-refractivity contribution in [3.8, 4) is 12.1 Å². The Kier molecular flexibility index (Phi) is 5.03. The maximum absolute atomic E-state index is 15.2. The number of anilines is 1. The topological polar surface area (TPSA) is 67.9 Å². The minimum Gasteiger partial charge on any atom is -0.351 e. The highest BCUT2D eigenvalue weighted by Gasteiger charge is 2.64. The van der Waals surface area contributed by atoms with Crippen LogP contribution >= 0.6 is 15.9 Å². The van der Waals surface area contributed by atoms with Crippen LogP contribution in [-0.2, 0) is 4.79 Å². The molecule has 156 valence electrons. The van der Waals surface area contributed by atoms with E-state index in [2.05, 4.69) is 28.1 Å². The van der Waals surface area contributed by atoms with Crippen LogP contribution in [0.2, 0.25) is 0 Å². The fourth-order valence-electron chi connectivity index (χ4n) is 4.78. The summed E-state index contributed by atoms with van der Waals surface area (Å²) in [6.45, 7) is 5.43. The maximum atomic E-state index is 15.2. The first-order chi connectivity index (χ1) is 14.7. The van der Waals surface area contributed by atoms with Gasteiger partial charge in [0.1, 0.15) is 5.82 Å². The molecule has 4 nitrogen and oxygen atoms in total. The molecule has 31 heavy (non-hydrogen) atoms. The SMILES string of the molecule is CC(C)(C)C(=O)[C@@H]1[C@H](c2ccc(Br)cc2F)C(C#N)(C#N)[C@@H]2C=Cc3ccccc3N12. The number of fused-ring (bicyclic) bond motifs is 3. The fourth-order valence-corrected chi connectivity index (χ4v) is 5.11. The Bertz CT molecular complexity index is 1170. The van der Waals surface area contributed by atoms with E-state index >= 15 is 4.39 Å². The molecule has 2 aromatic carbocycles. The van der Waals surface area contributed by atoms with E-state index in [4.69, 9.17) is 0 Å². The molecule has 2 aliphatic heterocycles. The van der Waals surface area contributed by atoms with Crippen molar-refractivity contribution in [2.24, 2.45) is 10.8 Å². The summed E-state index contributed by atoms with van der Waals surface area (Å²) >= 11 is 3.27. The average molecular weight is 478 g/mol. The molecule has 0 aromatic heterocycles. The zero-order valence-electron chi connectivity index (χ0n) is 17.4. The summed E-state index contributed by atoms with van der Waals surface area (Å²) in [4.78, 5) is 15.7. The van der Waals surface area contributed by atoms with Crippen molar-refractivity contribution in [2.45, 2.75) is 38.8 Å². The standard InChI is InChI=1S/C25H21BrFN3O/c1-24(2,3)23(31)22-21(17-10-9-16(26)12-18(17)27)25(13-28,14-29)20-11-8-15-6-4-5-7-19(15)30(20)22/h4-12,20-22H,1-3H3/t20-,21-,22-/m0/s1. The van der Waals surface area contributed by atoms with Crippen LogP contribution < -0.4 is 4.90 Å². The monoisotopic (exact) mass is 477 g/mol. The quantitative estimate of drug-likeness (QED) is 0.563. The summed E-state index contributed by atoms with van der Waals surface area (Å²) in [5, 5.41) is 20.6. The first-order valence-electron chi connectivity index (χ1n) is 10.0. The molecule has 1 saturated heterocycles. The minimum absolute atomic E-state index is 0.137. The molecule has 0 radical (unpaired) electrons. The molecule has 6 heteroatoms. The Morgan fingerprint density at radius 1 is 1.16 bits per heavy atom. The molecule has 3 atom stereocenters. The van der Waals surface area contributed by atoms with Gasteiger partial charge in [-0.3, -0.25) is 4.79 Å². The Morgan fingerprint density at radius 2 is 1.84 bits per heavy atom. The van der Waals surface area contributed by atoms with Crippen LogP contribution in [0.25, 0.3) is 6.08 Å². The van der Waals surface area contributed by atoms with Gasteiger partial charge in [0.05, 0.1) is 24.2 Å². The number of carbonyl (C=O) groups is 1. The summed E-state index contributed by atoms with van der Waals surface area (Å²) in [5.41, 5.74) is -0.519. The van der Waals surface area contributed by atoms with Gasteiger partial charge in [-0.05, 0) is 29.3 Å². The third kappa shape index (κ3) is 3.09. The van der Waals surface area contributed by atoms with E-state index < -0.39 is 34.6 Å². The van der Waals surface area contributed by atoms with E-state index in [-0.39, 0.29) is 11.3 Å². The Morgan fingerprint density at radius 3 is 2.45 bits per heavy atom. The number of rotatable bonds is 2. The molecule has 0 spiro atoms. The lowest BCUT2D eigenvalue weighted by molar-refractivity contribution is -0.127. The highest BCUT2D eigenvalue weighted by molar-refractivity contribution is 9.10. The first-order valence-corrected chi connectivity index (χ1v) is 10.8. The second-order valence-electron chi connectivity index (χ2n) is 9.07. The maximum Gasteiger partial charge on any atom is 0.176 e. The third-order valence-corrected chi connectivity index (χ3v) is 6.71. The Hall–Kier alpha value is -2.96. The van der Waals surface area contributed by atoms with Crippen molar-refractivity contribution >= 4 is 33.5 Å². The van der Waals surface area contributed by atoms with Crippen molar-refractivity contribution in [3.05, 3.63) is 70.0 Å². The lowest BCUT2D eigenvalue weighted by Crippen LogP contribution is -2.47. The fraction of sp³-hybridized carbons (Fsp3) is 0.320. The first kappa shape index (κ1) is 21.3. The van der Waals surface area contributed by atoms with Crippen molar-refractivity contribution in [2.75, 3.05) is 4.90 Å². The Labute approximate surface area is 189 Å². The van der Waals surface area contributed by atoms with Gasteiger partial charge >= 0.3 is 0 Å². The van der Waals surface area contributed by atoms with Crippen molar-refractivity contribution in [1.29, 1.82) is 10.5 Å². The van der Waals surface area contributed by atoms with E-state index in [1.807, 2.05) is 56.0 Å². The van der Waals surface area contributed by atoms with Gasteiger partial charge in [-0.15, -0.1) is 0 Å². The molecule has 2 heterocycles. The van der Waals surface area contributed by atoms with E-state index in [1.54, 1.807) is 18.2 Å². The molecular weight excluding hydrogens is 457 g/mol. The number of para-hydroxylation sites is 1. The molecule has 0 saturated carbocycles. The van der Waals surface area contributed by atoms with Gasteiger partial charge in [0.15, 0.2) is 11.2 Å². The zero-order valence-corrected chi connectivity index (χ0v) is 19.0. The number of hydrogen-bond donors (Lipinski definition) is 0. The van der Waals surface area contributed by atoms with Crippen LogP contribution in [0, 0.1) is 39.3 Å². The predicted molar refractivity (Wildman–Crippen MR) is 120 cm³/mol. The molecule has 0 amide bonds. The lowest BCUT2D eigenvalue weighted by Gasteiger charge is -2.37. The number of benzene rings is 2. The van der Waals surface area contributed by atoms with E-state index in [9.17, 15) is 15.3 Å². The number of Topliss-reactive ketones (excluding diaryl/α,β-unsaturated/α-hetero) is 1. The summed E-state index contributed by atoms with van der Waals surface area (Å²) in [6.07, 6.45) is 3.67. The molecule has 2 aliphatic rings. The number of carbonyl (C=O) groups excluding carboxylic acids is 1. The van der Waals surface area contributed by atoms with Gasteiger partial charge in [-0.1, -0.05) is 73.1 Å². The van der Waals surface area contributed by atoms with Crippen LogP contribution in [0.15, 0.2) is 53.0 Å². The van der Waals surface area contributed by atoms with Crippen LogP contribution in [0.1, 0.15) is 37.8 Å². The predicted octanol–water partition coefficient (Wildman–Crippen LogP) is 5.60. The highest BCUT2D eigenvalue weighted by Crippen LogP contribution is 2.56. The van der Waals surface area contributed by atoms with E-state index in [0.29, 0.717) is 4.47 Å². The minimum atomic E-state index is -1.63. The second kappa shape index (κ2) is 7.32. The van der Waals surface area contributed by atoms with Gasteiger partial charge < -0.3 is 4.90 Å². The molecule has 4 rings (SSSR count). The average Bonchev–Trinajstić information content (AvgIpc) is 3.03. The largest absolute Gasteiger partial charge is 0.351 e. The smallest absolute Gasteiger partial charge is 0.176 e. The van der Waals surface area contributed by atoms with E-state index in [1.165, 1.54) is 6.07 Å². The molecule has 0 N–H and O–H groups in total. The van der Waals surface area contributed by atoms with Crippen LogP contribution in [0.5, 0.6) is 0 Å². The van der Waals surface area contributed by atoms with Crippen molar-refractivity contribution < 1.29 is 9.18 Å². The number of nitriles is 2. The molecule has 0 unspecified atom stereocenters. The number of ketones is 1. The van der Waals surface area contributed by atoms with Gasteiger partial charge in [-0.2, -0.15) is 10.5 Å². The van der Waals surface area contributed by atoms with Gasteiger partial charge in [0.25, 0.3) is 0 Å². The third-order valence-electron chi connectivity index (χ3n) is 6.22.